The second kappa shape index (κ2) is 12.3. The van der Waals surface area contributed by atoms with Crippen molar-refractivity contribution >= 4 is 40.9 Å². The van der Waals surface area contributed by atoms with Gasteiger partial charge in [0.1, 0.15) is 18.2 Å². The van der Waals surface area contributed by atoms with Crippen molar-refractivity contribution in [3.05, 3.63) is 63.9 Å². The Morgan fingerprint density at radius 1 is 1.15 bits per heavy atom. The van der Waals surface area contributed by atoms with Crippen LogP contribution in [0.1, 0.15) is 62.0 Å². The predicted molar refractivity (Wildman–Crippen MR) is 127 cm³/mol. The van der Waals surface area contributed by atoms with Gasteiger partial charge in [-0.3, -0.25) is 14.9 Å². The van der Waals surface area contributed by atoms with Crippen LogP contribution in [0, 0.1) is 5.82 Å². The third-order valence-electron chi connectivity index (χ3n) is 5.16. The molecule has 0 aromatic heterocycles. The Morgan fingerprint density at radius 2 is 1.85 bits per heavy atom. The molecule has 1 heterocycles. The van der Waals surface area contributed by atoms with E-state index >= 15 is 0 Å². The zero-order chi connectivity index (χ0) is 25.4. The number of hydrogen-bond acceptors (Lipinski definition) is 5. The van der Waals surface area contributed by atoms with E-state index in [2.05, 4.69) is 5.32 Å². The first-order chi connectivity index (χ1) is 16.2. The molecule has 7 nitrogen and oxygen atoms in total. The van der Waals surface area contributed by atoms with Gasteiger partial charge in [-0.15, -0.1) is 0 Å². The average Bonchev–Trinajstić information content (AvgIpc) is 3.11. The summed E-state index contributed by atoms with van der Waals surface area (Å²) in [5.74, 6) is -1.19. The molecule has 2 aromatic carbocycles. The molecule has 2 amide bonds. The zero-order valence-corrected chi connectivity index (χ0v) is 20.4. The Balaban J connectivity index is 0.00000199. The first kappa shape index (κ1) is 27.0. The normalized spacial score (nSPS) is 12.9. The highest BCUT2D eigenvalue weighted by Crippen LogP contribution is 2.28. The lowest BCUT2D eigenvalue weighted by atomic mass is 10.0. The number of amides is 2. The number of nitrogens with zero attached hydrogens (tertiary/aromatic N) is 1. The van der Waals surface area contributed by atoms with E-state index in [0.29, 0.717) is 11.1 Å². The maximum atomic E-state index is 13.7. The molecule has 0 radical (unpaired) electrons. The largest absolute Gasteiger partial charge is 0.444 e. The van der Waals surface area contributed by atoms with Crippen molar-refractivity contribution < 1.29 is 28.3 Å². The van der Waals surface area contributed by atoms with Gasteiger partial charge in [-0.1, -0.05) is 37.6 Å². The molecule has 0 spiro atoms. The molecule has 2 aromatic rings. The van der Waals surface area contributed by atoms with Crippen molar-refractivity contribution in [3.8, 4) is 0 Å². The highest BCUT2D eigenvalue weighted by atomic mass is 35.5. The first-order valence-corrected chi connectivity index (χ1v) is 11.3. The molecule has 0 aliphatic carbocycles. The molecule has 34 heavy (non-hydrogen) atoms. The van der Waals surface area contributed by atoms with Crippen molar-refractivity contribution in [2.75, 3.05) is 5.32 Å². The number of halogens is 2. The standard InChI is InChI=1S/C23H22ClFN2O5.C2H6/c1-13(28)3-8-21(14(2)29)27-11-16-5-4-15(9-18(16)22(27)30)12-32-23(31)26-20-10-17(24)6-7-19(20)25;1-2/h4-7,9-10,21H,3,8,11-12H2,1-2H3,(H,26,31);1-2H3. The van der Waals surface area contributed by atoms with Crippen molar-refractivity contribution in [1.29, 1.82) is 0 Å². The monoisotopic (exact) mass is 490 g/mol. The Labute approximate surface area is 203 Å². The van der Waals surface area contributed by atoms with Gasteiger partial charge in [-0.2, -0.15) is 0 Å². The van der Waals surface area contributed by atoms with E-state index in [9.17, 15) is 23.6 Å². The van der Waals surface area contributed by atoms with Crippen LogP contribution in [0.15, 0.2) is 36.4 Å². The summed E-state index contributed by atoms with van der Waals surface area (Å²) in [5.41, 5.74) is 1.62. The summed E-state index contributed by atoms with van der Waals surface area (Å²) >= 11 is 5.80. The van der Waals surface area contributed by atoms with Crippen LogP contribution in [0.4, 0.5) is 14.9 Å². The summed E-state index contributed by atoms with van der Waals surface area (Å²) in [4.78, 5) is 49.8. The van der Waals surface area contributed by atoms with E-state index in [1.165, 1.54) is 30.9 Å². The van der Waals surface area contributed by atoms with E-state index in [0.717, 1.165) is 11.6 Å². The molecule has 1 atom stereocenters. The van der Waals surface area contributed by atoms with Crippen LogP contribution < -0.4 is 5.32 Å². The van der Waals surface area contributed by atoms with Gasteiger partial charge in [-0.25, -0.2) is 9.18 Å². The fourth-order valence-electron chi connectivity index (χ4n) is 3.52. The number of ether oxygens (including phenoxy) is 1. The molecule has 9 heteroatoms. The average molecular weight is 491 g/mol. The lowest BCUT2D eigenvalue weighted by Crippen LogP contribution is -2.40. The SMILES string of the molecule is CC.CC(=O)CCC(C(C)=O)N1Cc2ccc(COC(=O)Nc3cc(Cl)ccc3F)cc2C1=O. The molecule has 1 aliphatic heterocycles. The maximum absolute atomic E-state index is 13.7. The molecule has 0 saturated carbocycles. The van der Waals surface area contributed by atoms with Crippen LogP contribution >= 0.6 is 11.6 Å². The molecule has 1 aliphatic rings. The Kier molecular flexibility index (Phi) is 9.74. The smallest absolute Gasteiger partial charge is 0.412 e. The van der Waals surface area contributed by atoms with Crippen LogP contribution in [-0.4, -0.2) is 34.5 Å². The number of nitrogens with one attached hydrogen (secondary N) is 1. The molecule has 0 bridgehead atoms. The molecule has 0 fully saturated rings. The highest BCUT2D eigenvalue weighted by molar-refractivity contribution is 6.30. The number of rotatable bonds is 8. The fourth-order valence-corrected chi connectivity index (χ4v) is 3.69. The van der Waals surface area contributed by atoms with Crippen LogP contribution in [-0.2, 0) is 27.5 Å². The number of carbonyl (C=O) groups is 4. The van der Waals surface area contributed by atoms with Crippen molar-refractivity contribution in [3.63, 3.8) is 0 Å². The molecule has 3 rings (SSSR count). The minimum Gasteiger partial charge on any atom is -0.444 e. The summed E-state index contributed by atoms with van der Waals surface area (Å²) < 4.78 is 18.9. The van der Waals surface area contributed by atoms with Gasteiger partial charge in [0, 0.05) is 23.6 Å². The Morgan fingerprint density at radius 3 is 2.50 bits per heavy atom. The van der Waals surface area contributed by atoms with Crippen LogP contribution in [0.25, 0.3) is 0 Å². The molecular formula is C25H28ClFN2O5. The van der Waals surface area contributed by atoms with Crippen LogP contribution in [0.5, 0.6) is 0 Å². The van der Waals surface area contributed by atoms with Gasteiger partial charge in [-0.05, 0) is 55.7 Å². The predicted octanol–water partition coefficient (Wildman–Crippen LogP) is 5.54. The summed E-state index contributed by atoms with van der Waals surface area (Å²) in [6.07, 6.45) is -0.382. The minimum absolute atomic E-state index is 0.0456. The Bertz CT molecular complexity index is 1090. The van der Waals surface area contributed by atoms with Gasteiger partial charge >= 0.3 is 6.09 Å². The number of ketones is 2. The number of carbonyl (C=O) groups excluding carboxylic acids is 4. The van der Waals surface area contributed by atoms with Crippen LogP contribution in [0.2, 0.25) is 5.02 Å². The van der Waals surface area contributed by atoms with Gasteiger partial charge < -0.3 is 14.4 Å². The number of hydrogen-bond donors (Lipinski definition) is 1. The number of anilines is 1. The van der Waals surface area contributed by atoms with E-state index in [4.69, 9.17) is 16.3 Å². The van der Waals surface area contributed by atoms with E-state index in [-0.39, 0.29) is 54.2 Å². The quantitative estimate of drug-likeness (QED) is 0.524. The third kappa shape index (κ3) is 6.87. The second-order valence-electron chi connectivity index (χ2n) is 7.62. The Hall–Kier alpha value is -3.26. The zero-order valence-electron chi connectivity index (χ0n) is 19.6. The topological polar surface area (TPSA) is 92.8 Å². The lowest BCUT2D eigenvalue weighted by Gasteiger charge is -2.25. The van der Waals surface area contributed by atoms with Gasteiger partial charge in [0.05, 0.1) is 11.7 Å². The van der Waals surface area contributed by atoms with E-state index < -0.39 is 18.0 Å². The summed E-state index contributed by atoms with van der Waals surface area (Å²) in [6.45, 7) is 6.98. The molecule has 182 valence electrons. The first-order valence-electron chi connectivity index (χ1n) is 11.0. The van der Waals surface area contributed by atoms with Crippen molar-refractivity contribution in [2.24, 2.45) is 0 Å². The van der Waals surface area contributed by atoms with Gasteiger partial charge in [0.2, 0.25) is 0 Å². The molecule has 0 saturated heterocycles. The summed E-state index contributed by atoms with van der Waals surface area (Å²) in [7, 11) is 0. The molecule has 1 unspecified atom stereocenters. The molecular weight excluding hydrogens is 463 g/mol. The molecule has 1 N–H and O–H groups in total. The number of Topliss-reactive ketones (excluding diaryl/α,β-unsaturated/α-hetero) is 2. The minimum atomic E-state index is -0.875. The third-order valence-corrected chi connectivity index (χ3v) is 5.39. The summed E-state index contributed by atoms with van der Waals surface area (Å²) in [5, 5.41) is 2.54. The second-order valence-corrected chi connectivity index (χ2v) is 8.05. The van der Waals surface area contributed by atoms with E-state index in [1.807, 2.05) is 13.8 Å². The number of benzene rings is 2. The van der Waals surface area contributed by atoms with Gasteiger partial charge in [0.15, 0.2) is 5.78 Å². The van der Waals surface area contributed by atoms with Crippen LogP contribution in [0.3, 0.4) is 0 Å². The van der Waals surface area contributed by atoms with E-state index in [1.54, 1.807) is 18.2 Å². The fraction of sp³-hybridized carbons (Fsp3) is 0.360. The maximum Gasteiger partial charge on any atom is 0.412 e. The van der Waals surface area contributed by atoms with Gasteiger partial charge in [0.25, 0.3) is 5.91 Å². The number of fused-ring (bicyclic) bond motifs is 1. The lowest BCUT2D eigenvalue weighted by molar-refractivity contribution is -0.122. The van der Waals surface area contributed by atoms with Crippen molar-refractivity contribution in [2.45, 2.75) is 59.7 Å². The van der Waals surface area contributed by atoms with Crippen molar-refractivity contribution in [1.82, 2.24) is 4.90 Å². The highest BCUT2D eigenvalue weighted by Gasteiger charge is 2.35. The summed E-state index contributed by atoms with van der Waals surface area (Å²) in [6, 6.07) is 8.13.